The summed E-state index contributed by atoms with van der Waals surface area (Å²) in [4.78, 5) is 21.4. The number of benzene rings is 2. The molecule has 0 amide bonds. The van der Waals surface area contributed by atoms with Crippen LogP contribution in [0, 0.1) is 10.1 Å². The van der Waals surface area contributed by atoms with Crippen molar-refractivity contribution in [2.45, 2.75) is 6.61 Å². The Morgan fingerprint density at radius 1 is 1.32 bits per heavy atom. The predicted molar refractivity (Wildman–Crippen MR) is 77.4 cm³/mol. The fourth-order valence-corrected chi connectivity index (χ4v) is 1.80. The lowest BCUT2D eigenvalue weighted by Gasteiger charge is -2.11. The monoisotopic (exact) mass is 306 g/mol. The third kappa shape index (κ3) is 3.32. The summed E-state index contributed by atoms with van der Waals surface area (Å²) in [6.45, 7) is -0.0121. The van der Waals surface area contributed by atoms with Crippen molar-refractivity contribution in [3.63, 3.8) is 0 Å². The minimum atomic E-state index is -2.88. The van der Waals surface area contributed by atoms with Crippen LogP contribution in [-0.2, 0) is 6.61 Å². The molecule has 0 saturated heterocycles. The first-order chi connectivity index (χ1) is 11.7. The third-order valence-corrected chi connectivity index (χ3v) is 2.84. The largest absolute Gasteiger partial charge is 0.493 e. The van der Waals surface area contributed by atoms with Gasteiger partial charge in [-0.25, -0.2) is 4.79 Å². The number of hydrogen-bond acceptors (Lipinski definition) is 5. The number of methoxy groups -OCH3 is 1. The number of carboxylic acid groups (broad SMARTS) is 1. The van der Waals surface area contributed by atoms with Crippen LogP contribution in [0.25, 0.3) is 0 Å². The van der Waals surface area contributed by atoms with Crippen molar-refractivity contribution in [3.8, 4) is 11.5 Å². The van der Waals surface area contributed by atoms with E-state index in [4.69, 9.17) is 18.7 Å². The van der Waals surface area contributed by atoms with Crippen LogP contribution in [0.5, 0.6) is 11.5 Å². The van der Waals surface area contributed by atoms with Gasteiger partial charge in [0.25, 0.3) is 5.69 Å². The minimum absolute atomic E-state index is 0.0121. The highest BCUT2D eigenvalue weighted by Crippen LogP contribution is 2.35. The van der Waals surface area contributed by atoms with Gasteiger partial charge in [-0.2, -0.15) is 0 Å². The first kappa shape index (κ1) is 11.6. The molecule has 0 atom stereocenters. The maximum absolute atomic E-state index is 11.2. The maximum Gasteiger partial charge on any atom is 0.342 e. The second-order valence-corrected chi connectivity index (χ2v) is 4.25. The number of carbonyl (C=O) groups is 1. The van der Waals surface area contributed by atoms with Gasteiger partial charge in [0.05, 0.1) is 22.1 Å². The molecule has 0 spiro atoms. The summed E-state index contributed by atoms with van der Waals surface area (Å²) in [7, 11) is -2.88. The summed E-state index contributed by atoms with van der Waals surface area (Å²) >= 11 is 0. The van der Waals surface area contributed by atoms with Crippen molar-refractivity contribution in [1.82, 2.24) is 0 Å². The van der Waals surface area contributed by atoms with Crippen LogP contribution in [-0.4, -0.2) is 23.0 Å². The average Bonchev–Trinajstić information content (AvgIpc) is 2.52. The Kier molecular flexibility index (Phi) is 3.45. The highest BCUT2D eigenvalue weighted by molar-refractivity contribution is 5.93. The molecule has 114 valence electrons. The van der Waals surface area contributed by atoms with E-state index in [-0.39, 0.29) is 12.4 Å². The Labute approximate surface area is 130 Å². The molecule has 0 aliphatic rings. The molecule has 0 aromatic heterocycles. The van der Waals surface area contributed by atoms with E-state index in [2.05, 4.69) is 0 Å². The first-order valence-electron chi connectivity index (χ1n) is 7.59. The lowest BCUT2D eigenvalue weighted by atomic mass is 10.1. The molecule has 2 aromatic carbocycles. The van der Waals surface area contributed by atoms with Gasteiger partial charge in [0, 0.05) is 6.07 Å². The molecule has 2 aromatic rings. The highest BCUT2D eigenvalue weighted by Gasteiger charge is 2.24. The number of hydrogen-bond donors (Lipinski definition) is 1. The quantitative estimate of drug-likeness (QED) is 0.650. The van der Waals surface area contributed by atoms with Crippen LogP contribution in [0.1, 0.15) is 20.0 Å². The fraction of sp³-hybridized carbons (Fsp3) is 0.133. The van der Waals surface area contributed by atoms with E-state index in [0.717, 1.165) is 17.7 Å². The molecule has 0 fully saturated rings. The molecule has 1 N–H and O–H groups in total. The van der Waals surface area contributed by atoms with Crippen molar-refractivity contribution in [1.29, 1.82) is 0 Å². The van der Waals surface area contributed by atoms with Crippen molar-refractivity contribution in [2.75, 3.05) is 7.04 Å². The van der Waals surface area contributed by atoms with Crippen LogP contribution in [0.2, 0.25) is 0 Å². The van der Waals surface area contributed by atoms with Crippen molar-refractivity contribution in [3.05, 3.63) is 63.7 Å². The van der Waals surface area contributed by atoms with Gasteiger partial charge in [0.15, 0.2) is 11.5 Å². The number of carboxylic acids is 1. The Balaban J connectivity index is 2.44. The topological polar surface area (TPSA) is 98.9 Å². The van der Waals surface area contributed by atoms with Crippen LogP contribution in [0.4, 0.5) is 5.69 Å². The van der Waals surface area contributed by atoms with E-state index in [1.807, 2.05) is 0 Å². The summed E-state index contributed by atoms with van der Waals surface area (Å²) in [5.74, 6) is -2.24. The van der Waals surface area contributed by atoms with E-state index in [9.17, 15) is 14.9 Å². The van der Waals surface area contributed by atoms with Crippen molar-refractivity contribution >= 4 is 11.7 Å². The Bertz CT molecular complexity index is 792. The van der Waals surface area contributed by atoms with E-state index >= 15 is 0 Å². The minimum Gasteiger partial charge on any atom is -0.493 e. The molecule has 2 rings (SSSR count). The van der Waals surface area contributed by atoms with Gasteiger partial charge >= 0.3 is 5.97 Å². The standard InChI is InChI=1S/C15H13NO6/c1-21-13-7-11(15(17)18)12(16(19)20)8-14(13)22-9-10-5-3-2-4-6-10/h2-8H,9H2,1H3,(H,17,18)/i1D3. The zero-order chi connectivity index (χ0) is 18.6. The molecule has 0 aliphatic heterocycles. The Morgan fingerprint density at radius 3 is 2.64 bits per heavy atom. The molecule has 0 radical (unpaired) electrons. The zero-order valence-corrected chi connectivity index (χ0v) is 11.2. The SMILES string of the molecule is [2H]C([2H])([2H])Oc1cc(C(=O)O)c([N+](=O)[O-])cc1OCc1ccccc1. The second kappa shape index (κ2) is 6.57. The summed E-state index contributed by atoms with van der Waals surface area (Å²) in [5, 5.41) is 20.2. The molecule has 0 heterocycles. The first-order valence-corrected chi connectivity index (χ1v) is 6.09. The smallest absolute Gasteiger partial charge is 0.342 e. The molecular weight excluding hydrogens is 290 g/mol. The summed E-state index contributed by atoms with van der Waals surface area (Å²) in [5.41, 5.74) is -0.697. The fourth-order valence-electron chi connectivity index (χ4n) is 1.80. The van der Waals surface area contributed by atoms with E-state index in [0.29, 0.717) is 0 Å². The normalized spacial score (nSPS) is 12.6. The summed E-state index contributed by atoms with van der Waals surface area (Å²) in [6.07, 6.45) is 0. The molecule has 7 heteroatoms. The highest BCUT2D eigenvalue weighted by atomic mass is 16.6. The predicted octanol–water partition coefficient (Wildman–Crippen LogP) is 2.88. The third-order valence-electron chi connectivity index (χ3n) is 2.84. The molecular formula is C15H13NO6. The molecule has 0 aliphatic carbocycles. The number of nitrogens with zero attached hydrogens (tertiary/aromatic N) is 1. The van der Waals surface area contributed by atoms with E-state index in [1.54, 1.807) is 30.3 Å². The zero-order valence-electron chi connectivity index (χ0n) is 14.2. The summed E-state index contributed by atoms with van der Waals surface area (Å²) in [6, 6.07) is 10.4. The molecule has 0 bridgehead atoms. The number of ether oxygens (including phenoxy) is 2. The second-order valence-electron chi connectivity index (χ2n) is 4.25. The lowest BCUT2D eigenvalue weighted by molar-refractivity contribution is -0.385. The summed E-state index contributed by atoms with van der Waals surface area (Å²) < 4.78 is 31.6. The van der Waals surface area contributed by atoms with Gasteiger partial charge in [0.2, 0.25) is 0 Å². The molecule has 22 heavy (non-hydrogen) atoms. The lowest BCUT2D eigenvalue weighted by Crippen LogP contribution is -2.05. The average molecular weight is 306 g/mol. The number of nitro benzene ring substituents is 1. The van der Waals surface area contributed by atoms with Gasteiger partial charge < -0.3 is 14.6 Å². The van der Waals surface area contributed by atoms with Gasteiger partial charge in [-0.1, -0.05) is 30.3 Å². The van der Waals surface area contributed by atoms with Crippen LogP contribution >= 0.6 is 0 Å². The van der Waals surface area contributed by atoms with Crippen molar-refractivity contribution in [2.24, 2.45) is 0 Å². The van der Waals surface area contributed by atoms with E-state index < -0.39 is 34.9 Å². The van der Waals surface area contributed by atoms with Gasteiger partial charge in [0.1, 0.15) is 12.2 Å². The van der Waals surface area contributed by atoms with Gasteiger partial charge in [-0.3, -0.25) is 10.1 Å². The number of nitro groups is 1. The van der Waals surface area contributed by atoms with Crippen molar-refractivity contribution < 1.29 is 28.4 Å². The van der Waals surface area contributed by atoms with Crippen LogP contribution < -0.4 is 9.47 Å². The van der Waals surface area contributed by atoms with E-state index in [1.165, 1.54) is 0 Å². The molecule has 0 saturated carbocycles. The number of aromatic carboxylic acids is 1. The molecule has 7 nitrogen and oxygen atoms in total. The Morgan fingerprint density at radius 2 is 2.05 bits per heavy atom. The van der Waals surface area contributed by atoms with Gasteiger partial charge in [-0.15, -0.1) is 0 Å². The van der Waals surface area contributed by atoms with Gasteiger partial charge in [-0.05, 0) is 5.56 Å². The number of rotatable bonds is 6. The Hall–Kier alpha value is -3.09. The maximum atomic E-state index is 11.2. The van der Waals surface area contributed by atoms with Crippen LogP contribution in [0.15, 0.2) is 42.5 Å². The van der Waals surface area contributed by atoms with Crippen LogP contribution in [0.3, 0.4) is 0 Å². The molecule has 0 unspecified atom stereocenters.